The first-order valence-corrected chi connectivity index (χ1v) is 7.26. The van der Waals surface area contributed by atoms with E-state index in [2.05, 4.69) is 0 Å². The van der Waals surface area contributed by atoms with Gasteiger partial charge in [-0.25, -0.2) is 0 Å². The molecule has 1 N–H and O–H groups in total. The normalized spacial score (nSPS) is 9.55. The van der Waals surface area contributed by atoms with Crippen molar-refractivity contribution in [1.29, 1.82) is 0 Å². The van der Waals surface area contributed by atoms with Crippen LogP contribution >= 0.6 is 11.6 Å². The minimum Gasteiger partial charge on any atom is -0.508 e. The maximum absolute atomic E-state index is 8.88. The van der Waals surface area contributed by atoms with Crippen molar-refractivity contribution in [3.8, 4) is 17.2 Å². The fraction of sp³-hybridized carbons (Fsp3) is 0.0526. The molecule has 3 aromatic carbocycles. The van der Waals surface area contributed by atoms with Gasteiger partial charge in [0.2, 0.25) is 0 Å². The van der Waals surface area contributed by atoms with Crippen molar-refractivity contribution in [2.24, 2.45) is 0 Å². The van der Waals surface area contributed by atoms with Crippen LogP contribution in [0.1, 0.15) is 5.56 Å². The Morgan fingerprint density at radius 1 is 0.773 bits per heavy atom. The van der Waals surface area contributed by atoms with E-state index in [4.69, 9.17) is 21.4 Å². The van der Waals surface area contributed by atoms with E-state index in [0.717, 1.165) is 17.1 Å². The Balaban J connectivity index is 0.000000172. The van der Waals surface area contributed by atoms with E-state index in [9.17, 15) is 0 Å². The number of hydrogen-bond donors (Lipinski definition) is 1. The Labute approximate surface area is 135 Å². The van der Waals surface area contributed by atoms with Gasteiger partial charge in [-0.2, -0.15) is 0 Å². The van der Waals surface area contributed by atoms with E-state index in [1.54, 1.807) is 18.2 Å². The van der Waals surface area contributed by atoms with Crippen molar-refractivity contribution < 1.29 is 9.84 Å². The summed E-state index contributed by atoms with van der Waals surface area (Å²) in [6.07, 6.45) is 0. The predicted molar refractivity (Wildman–Crippen MR) is 90.8 cm³/mol. The molecule has 0 aliphatic heterocycles. The number of ether oxygens (including phenoxy) is 1. The summed E-state index contributed by atoms with van der Waals surface area (Å²) in [5.41, 5.74) is 0.900. The van der Waals surface area contributed by atoms with Crippen LogP contribution in [-0.4, -0.2) is 5.11 Å². The van der Waals surface area contributed by atoms with Crippen LogP contribution in [0.2, 0.25) is 5.02 Å². The second-order valence-corrected chi connectivity index (χ2v) is 5.07. The van der Waals surface area contributed by atoms with Gasteiger partial charge in [0.05, 0.1) is 0 Å². The number of aryl methyl sites for hydroxylation is 1. The molecule has 0 saturated carbocycles. The number of benzene rings is 3. The van der Waals surface area contributed by atoms with E-state index in [-0.39, 0.29) is 5.75 Å². The number of para-hydroxylation sites is 2. The SMILES string of the molecule is Cc1cc(O)ccc1Cl.c1ccc(Oc2ccccc2)cc1. The molecular formula is C19H17ClO2. The fourth-order valence-electron chi connectivity index (χ4n) is 1.74. The van der Waals surface area contributed by atoms with E-state index >= 15 is 0 Å². The summed E-state index contributed by atoms with van der Waals surface area (Å²) in [4.78, 5) is 0. The minimum absolute atomic E-state index is 0.261. The van der Waals surface area contributed by atoms with Crippen molar-refractivity contribution in [1.82, 2.24) is 0 Å². The van der Waals surface area contributed by atoms with Gasteiger partial charge in [-0.05, 0) is 55.0 Å². The molecule has 3 aromatic rings. The molecule has 0 bridgehead atoms. The van der Waals surface area contributed by atoms with Gasteiger partial charge in [0.1, 0.15) is 17.2 Å². The molecule has 0 aromatic heterocycles. The standard InChI is InChI=1S/C12H10O.C7H7ClO/c1-3-7-11(8-4-1)13-12-9-5-2-6-10-12;1-5-4-6(9)2-3-7(5)8/h1-10H;2-4,9H,1H3. The molecule has 0 atom stereocenters. The van der Waals surface area contributed by atoms with E-state index in [0.29, 0.717) is 5.02 Å². The maximum Gasteiger partial charge on any atom is 0.127 e. The summed E-state index contributed by atoms with van der Waals surface area (Å²) in [7, 11) is 0. The van der Waals surface area contributed by atoms with Gasteiger partial charge in [0.25, 0.3) is 0 Å². The van der Waals surface area contributed by atoms with Crippen LogP contribution in [-0.2, 0) is 0 Å². The Hall–Kier alpha value is -2.45. The van der Waals surface area contributed by atoms with Crippen molar-refractivity contribution in [3.63, 3.8) is 0 Å². The van der Waals surface area contributed by atoms with Crippen molar-refractivity contribution in [3.05, 3.63) is 89.4 Å². The molecular weight excluding hydrogens is 296 g/mol. The molecule has 0 saturated heterocycles. The van der Waals surface area contributed by atoms with Crippen LogP contribution in [0.3, 0.4) is 0 Å². The first kappa shape index (κ1) is 15.9. The lowest BCUT2D eigenvalue weighted by atomic mass is 10.2. The zero-order chi connectivity index (χ0) is 15.8. The van der Waals surface area contributed by atoms with Gasteiger partial charge < -0.3 is 9.84 Å². The van der Waals surface area contributed by atoms with Gasteiger partial charge >= 0.3 is 0 Å². The monoisotopic (exact) mass is 312 g/mol. The molecule has 3 heteroatoms. The molecule has 0 amide bonds. The van der Waals surface area contributed by atoms with Gasteiger partial charge in [-0.3, -0.25) is 0 Å². The van der Waals surface area contributed by atoms with E-state index in [1.807, 2.05) is 67.6 Å². The first-order valence-electron chi connectivity index (χ1n) is 6.88. The molecule has 0 fully saturated rings. The zero-order valence-corrected chi connectivity index (χ0v) is 13.0. The van der Waals surface area contributed by atoms with Crippen LogP contribution in [0.5, 0.6) is 17.2 Å². The second kappa shape index (κ2) is 8.11. The molecule has 0 aliphatic rings. The molecule has 0 radical (unpaired) electrons. The number of rotatable bonds is 2. The Bertz CT molecular complexity index is 660. The average Bonchev–Trinajstić information content (AvgIpc) is 2.54. The number of phenolic OH excluding ortho intramolecular Hbond substituents is 1. The van der Waals surface area contributed by atoms with Gasteiger partial charge in [0.15, 0.2) is 0 Å². The highest BCUT2D eigenvalue weighted by Crippen LogP contribution is 2.20. The number of phenols is 1. The highest BCUT2D eigenvalue weighted by Gasteiger charge is 1.93. The van der Waals surface area contributed by atoms with Crippen molar-refractivity contribution in [2.45, 2.75) is 6.92 Å². The third kappa shape index (κ3) is 5.15. The Morgan fingerprint density at radius 2 is 1.27 bits per heavy atom. The average molecular weight is 313 g/mol. The topological polar surface area (TPSA) is 29.5 Å². The molecule has 0 unspecified atom stereocenters. The third-order valence-electron chi connectivity index (χ3n) is 2.86. The van der Waals surface area contributed by atoms with Gasteiger partial charge in [0, 0.05) is 5.02 Å². The fourth-order valence-corrected chi connectivity index (χ4v) is 1.86. The largest absolute Gasteiger partial charge is 0.508 e. The summed E-state index contributed by atoms with van der Waals surface area (Å²) >= 11 is 5.67. The summed E-state index contributed by atoms with van der Waals surface area (Å²) in [6.45, 7) is 1.85. The molecule has 112 valence electrons. The number of aromatic hydroxyl groups is 1. The van der Waals surface area contributed by atoms with Crippen LogP contribution < -0.4 is 4.74 Å². The lowest BCUT2D eigenvalue weighted by Gasteiger charge is -2.03. The van der Waals surface area contributed by atoms with Crippen LogP contribution in [0.15, 0.2) is 78.9 Å². The summed E-state index contributed by atoms with van der Waals surface area (Å²) in [5, 5.41) is 9.57. The van der Waals surface area contributed by atoms with Crippen LogP contribution in [0, 0.1) is 6.92 Å². The number of halogens is 1. The minimum atomic E-state index is 0.261. The summed E-state index contributed by atoms with van der Waals surface area (Å²) in [6, 6.07) is 24.4. The lowest BCUT2D eigenvalue weighted by Crippen LogP contribution is -1.81. The van der Waals surface area contributed by atoms with Gasteiger partial charge in [-0.15, -0.1) is 0 Å². The highest BCUT2D eigenvalue weighted by atomic mass is 35.5. The lowest BCUT2D eigenvalue weighted by molar-refractivity contribution is 0.475. The van der Waals surface area contributed by atoms with Crippen molar-refractivity contribution in [2.75, 3.05) is 0 Å². The molecule has 0 spiro atoms. The molecule has 0 heterocycles. The highest BCUT2D eigenvalue weighted by molar-refractivity contribution is 6.31. The Morgan fingerprint density at radius 3 is 1.68 bits per heavy atom. The molecule has 3 rings (SSSR count). The summed E-state index contributed by atoms with van der Waals surface area (Å²) in [5.74, 6) is 2.00. The quantitative estimate of drug-likeness (QED) is 0.644. The zero-order valence-electron chi connectivity index (χ0n) is 12.2. The second-order valence-electron chi connectivity index (χ2n) is 4.66. The molecule has 0 aliphatic carbocycles. The van der Waals surface area contributed by atoms with Crippen molar-refractivity contribution >= 4 is 11.6 Å². The van der Waals surface area contributed by atoms with Crippen LogP contribution in [0.25, 0.3) is 0 Å². The summed E-state index contributed by atoms with van der Waals surface area (Å²) < 4.78 is 5.58. The van der Waals surface area contributed by atoms with E-state index in [1.165, 1.54) is 0 Å². The van der Waals surface area contributed by atoms with Crippen LogP contribution in [0.4, 0.5) is 0 Å². The third-order valence-corrected chi connectivity index (χ3v) is 3.29. The predicted octanol–water partition coefficient (Wildman–Crippen LogP) is 5.83. The smallest absolute Gasteiger partial charge is 0.127 e. The molecule has 22 heavy (non-hydrogen) atoms. The Kier molecular flexibility index (Phi) is 5.87. The van der Waals surface area contributed by atoms with Gasteiger partial charge in [-0.1, -0.05) is 48.0 Å². The van der Waals surface area contributed by atoms with E-state index < -0.39 is 0 Å². The number of hydrogen-bond acceptors (Lipinski definition) is 2. The first-order chi connectivity index (χ1) is 10.6. The maximum atomic E-state index is 8.88. The molecule has 2 nitrogen and oxygen atoms in total.